The summed E-state index contributed by atoms with van der Waals surface area (Å²) in [6, 6.07) is 0.210. The third-order valence-corrected chi connectivity index (χ3v) is 4.90. The second kappa shape index (κ2) is 5.72. The molecule has 5 nitrogen and oxygen atoms in total. The van der Waals surface area contributed by atoms with Gasteiger partial charge >= 0.3 is 0 Å². The van der Waals surface area contributed by atoms with E-state index in [2.05, 4.69) is 17.6 Å². The van der Waals surface area contributed by atoms with Gasteiger partial charge in [0, 0.05) is 25.0 Å². The van der Waals surface area contributed by atoms with Crippen molar-refractivity contribution in [3.8, 4) is 0 Å². The Morgan fingerprint density at radius 3 is 2.35 bits per heavy atom. The molecular weight excluding hydrogens is 254 g/mol. The van der Waals surface area contributed by atoms with Crippen LogP contribution in [-0.4, -0.2) is 48.4 Å². The lowest BCUT2D eigenvalue weighted by Gasteiger charge is -2.33. The van der Waals surface area contributed by atoms with Crippen LogP contribution in [0.4, 0.5) is 0 Å². The summed E-state index contributed by atoms with van der Waals surface area (Å²) in [5, 5.41) is 6.43. The van der Waals surface area contributed by atoms with Crippen molar-refractivity contribution in [2.24, 2.45) is 11.8 Å². The van der Waals surface area contributed by atoms with Crippen LogP contribution >= 0.6 is 0 Å². The number of nitrogens with zero attached hydrogens (tertiary/aromatic N) is 1. The van der Waals surface area contributed by atoms with E-state index in [1.165, 1.54) is 0 Å². The summed E-state index contributed by atoms with van der Waals surface area (Å²) < 4.78 is 0. The highest BCUT2D eigenvalue weighted by molar-refractivity contribution is 5.83. The molecule has 1 saturated carbocycles. The molecule has 2 saturated heterocycles. The average molecular weight is 279 g/mol. The first-order valence-corrected chi connectivity index (χ1v) is 7.97. The molecule has 0 aromatic heterocycles. The van der Waals surface area contributed by atoms with Gasteiger partial charge in [-0.15, -0.1) is 0 Å². The summed E-state index contributed by atoms with van der Waals surface area (Å²) in [5.41, 5.74) is 0. The number of amides is 2. The highest BCUT2D eigenvalue weighted by Crippen LogP contribution is 2.31. The number of likely N-dealkylation sites (tertiary alicyclic amines) is 1. The molecule has 0 bridgehead atoms. The van der Waals surface area contributed by atoms with Crippen LogP contribution < -0.4 is 10.6 Å². The van der Waals surface area contributed by atoms with E-state index in [4.69, 9.17) is 0 Å². The lowest BCUT2D eigenvalue weighted by Crippen LogP contribution is -2.51. The predicted octanol–water partition coefficient (Wildman–Crippen LogP) is 0.502. The summed E-state index contributed by atoms with van der Waals surface area (Å²) in [7, 11) is 0. The van der Waals surface area contributed by atoms with Crippen LogP contribution in [0.5, 0.6) is 0 Å². The molecular formula is C15H25N3O2. The maximum absolute atomic E-state index is 12.2. The fourth-order valence-corrected chi connectivity index (χ4v) is 3.31. The monoisotopic (exact) mass is 279 g/mol. The zero-order valence-electron chi connectivity index (χ0n) is 12.2. The summed E-state index contributed by atoms with van der Waals surface area (Å²) >= 11 is 0. The van der Waals surface area contributed by atoms with Gasteiger partial charge < -0.3 is 15.5 Å². The third-order valence-electron chi connectivity index (χ3n) is 4.90. The molecule has 2 unspecified atom stereocenters. The van der Waals surface area contributed by atoms with E-state index in [1.807, 2.05) is 4.90 Å². The van der Waals surface area contributed by atoms with Crippen molar-refractivity contribution in [2.75, 3.05) is 19.6 Å². The Balaban J connectivity index is 1.44. The fraction of sp³-hybridized carbons (Fsp3) is 0.867. The van der Waals surface area contributed by atoms with Crippen LogP contribution in [0.15, 0.2) is 0 Å². The fourth-order valence-electron chi connectivity index (χ4n) is 3.31. The van der Waals surface area contributed by atoms with Gasteiger partial charge in [0.15, 0.2) is 0 Å². The van der Waals surface area contributed by atoms with Crippen molar-refractivity contribution in [3.63, 3.8) is 0 Å². The topological polar surface area (TPSA) is 61.4 Å². The molecule has 2 heterocycles. The first-order chi connectivity index (χ1) is 9.65. The van der Waals surface area contributed by atoms with E-state index >= 15 is 0 Å². The van der Waals surface area contributed by atoms with Crippen LogP contribution in [0.2, 0.25) is 0 Å². The smallest absolute Gasteiger partial charge is 0.237 e. The summed E-state index contributed by atoms with van der Waals surface area (Å²) in [5.74, 6) is 1.21. The Bertz CT molecular complexity index is 387. The zero-order chi connectivity index (χ0) is 14.1. The second-order valence-electron chi connectivity index (χ2n) is 6.58. The van der Waals surface area contributed by atoms with Crippen molar-refractivity contribution >= 4 is 11.8 Å². The van der Waals surface area contributed by atoms with E-state index in [1.54, 1.807) is 0 Å². The Morgan fingerprint density at radius 2 is 1.80 bits per heavy atom. The number of rotatable bonds is 3. The predicted molar refractivity (Wildman–Crippen MR) is 76.0 cm³/mol. The van der Waals surface area contributed by atoms with Crippen LogP contribution in [0, 0.1) is 11.8 Å². The van der Waals surface area contributed by atoms with Crippen molar-refractivity contribution in [1.29, 1.82) is 0 Å². The minimum Gasteiger partial charge on any atom is -0.352 e. The summed E-state index contributed by atoms with van der Waals surface area (Å²) in [6.07, 6.45) is 5.00. The number of piperidine rings is 1. The van der Waals surface area contributed by atoms with Crippen LogP contribution in [0.25, 0.3) is 0 Å². The number of hydrogen-bond donors (Lipinski definition) is 2. The second-order valence-corrected chi connectivity index (χ2v) is 6.58. The van der Waals surface area contributed by atoms with Gasteiger partial charge in [-0.2, -0.15) is 0 Å². The molecule has 2 N–H and O–H groups in total. The number of carbonyl (C=O) groups is 2. The van der Waals surface area contributed by atoms with Crippen molar-refractivity contribution in [1.82, 2.24) is 15.5 Å². The van der Waals surface area contributed by atoms with Crippen LogP contribution in [0.3, 0.4) is 0 Å². The highest BCUT2D eigenvalue weighted by atomic mass is 16.2. The Labute approximate surface area is 120 Å². The molecule has 3 aliphatic rings. The number of nitrogens with one attached hydrogen (secondary N) is 2. The standard InChI is InChI=1S/C15H25N3O2/c1-10-4-7-16-13(10)14(19)17-12-5-8-18(9-6-12)15(20)11-2-3-11/h10-13,16H,2-9H2,1H3,(H,17,19). The van der Waals surface area contributed by atoms with Gasteiger partial charge in [0.1, 0.15) is 0 Å². The van der Waals surface area contributed by atoms with Crippen LogP contribution in [-0.2, 0) is 9.59 Å². The molecule has 3 fully saturated rings. The molecule has 112 valence electrons. The van der Waals surface area contributed by atoms with E-state index in [9.17, 15) is 9.59 Å². The minimum absolute atomic E-state index is 0.0267. The van der Waals surface area contributed by atoms with E-state index in [0.717, 1.165) is 51.7 Å². The number of hydrogen-bond acceptors (Lipinski definition) is 3. The van der Waals surface area contributed by atoms with E-state index in [0.29, 0.717) is 17.7 Å². The number of carbonyl (C=O) groups excluding carboxylic acids is 2. The molecule has 0 spiro atoms. The molecule has 5 heteroatoms. The molecule has 1 aliphatic carbocycles. The Morgan fingerprint density at radius 1 is 1.10 bits per heavy atom. The molecule has 20 heavy (non-hydrogen) atoms. The lowest BCUT2D eigenvalue weighted by molar-refractivity contribution is -0.133. The maximum Gasteiger partial charge on any atom is 0.237 e. The zero-order valence-corrected chi connectivity index (χ0v) is 12.2. The minimum atomic E-state index is -0.0267. The summed E-state index contributed by atoms with van der Waals surface area (Å²) in [6.45, 7) is 4.66. The van der Waals surface area contributed by atoms with E-state index in [-0.39, 0.29) is 18.0 Å². The molecule has 2 amide bonds. The van der Waals surface area contributed by atoms with Gasteiger partial charge in [-0.3, -0.25) is 9.59 Å². The van der Waals surface area contributed by atoms with Gasteiger partial charge in [-0.1, -0.05) is 6.92 Å². The van der Waals surface area contributed by atoms with Gasteiger partial charge in [0.05, 0.1) is 6.04 Å². The van der Waals surface area contributed by atoms with Gasteiger partial charge in [-0.05, 0) is 44.6 Å². The average Bonchev–Trinajstić information content (AvgIpc) is 3.21. The molecule has 0 radical (unpaired) electrons. The van der Waals surface area contributed by atoms with Crippen LogP contribution in [0.1, 0.15) is 39.0 Å². The van der Waals surface area contributed by atoms with Gasteiger partial charge in [0.25, 0.3) is 0 Å². The largest absolute Gasteiger partial charge is 0.352 e. The van der Waals surface area contributed by atoms with Crippen molar-refractivity contribution in [2.45, 2.75) is 51.1 Å². The molecule has 0 aromatic rings. The highest BCUT2D eigenvalue weighted by Gasteiger charge is 2.36. The summed E-state index contributed by atoms with van der Waals surface area (Å²) in [4.78, 5) is 26.2. The van der Waals surface area contributed by atoms with E-state index < -0.39 is 0 Å². The Kier molecular flexibility index (Phi) is 3.96. The van der Waals surface area contributed by atoms with Gasteiger partial charge in [-0.25, -0.2) is 0 Å². The Hall–Kier alpha value is -1.10. The van der Waals surface area contributed by atoms with Crippen molar-refractivity contribution < 1.29 is 9.59 Å². The lowest BCUT2D eigenvalue weighted by atomic mass is 10.0. The van der Waals surface area contributed by atoms with Crippen molar-refractivity contribution in [3.05, 3.63) is 0 Å². The molecule has 0 aromatic carbocycles. The first kappa shape index (κ1) is 13.9. The molecule has 3 rings (SSSR count). The quantitative estimate of drug-likeness (QED) is 0.791. The normalized spacial score (nSPS) is 31.4. The molecule has 2 aliphatic heterocycles. The van der Waals surface area contributed by atoms with Gasteiger partial charge in [0.2, 0.25) is 11.8 Å². The third kappa shape index (κ3) is 2.97. The SMILES string of the molecule is CC1CCNC1C(=O)NC1CCN(C(=O)C2CC2)CC1. The maximum atomic E-state index is 12.2. The molecule has 2 atom stereocenters. The first-order valence-electron chi connectivity index (χ1n) is 7.97.